The molecule has 0 N–H and O–H groups in total. The highest BCUT2D eigenvalue weighted by molar-refractivity contribution is 5.91. The number of fused-ring (bicyclic) bond motifs is 7. The number of rotatable bonds is 7. The van der Waals surface area contributed by atoms with Crippen molar-refractivity contribution in [2.75, 3.05) is 0 Å². The van der Waals surface area contributed by atoms with Crippen molar-refractivity contribution in [2.45, 2.75) is 64.2 Å². The summed E-state index contributed by atoms with van der Waals surface area (Å²) in [6.45, 7) is 9.51. The van der Waals surface area contributed by atoms with Gasteiger partial charge >= 0.3 is 0 Å². The minimum Gasteiger partial charge on any atom is -0.0642 e. The van der Waals surface area contributed by atoms with Crippen molar-refractivity contribution >= 4 is 10.8 Å². The van der Waals surface area contributed by atoms with E-state index in [2.05, 4.69) is 173 Å². The highest BCUT2D eigenvalue weighted by atomic mass is 14.5. The molecule has 0 heterocycles. The molecular weight excluding hydrogens is 601 g/mol. The van der Waals surface area contributed by atoms with Gasteiger partial charge in [-0.15, -0.1) is 0 Å². The fourth-order valence-corrected chi connectivity index (χ4v) is 9.73. The van der Waals surface area contributed by atoms with Crippen LogP contribution in [0, 0.1) is 0 Å². The molecule has 0 spiro atoms. The molecule has 0 fully saturated rings. The Kier molecular flexibility index (Phi) is 7.22. The van der Waals surface area contributed by atoms with Crippen LogP contribution < -0.4 is 0 Å². The van der Waals surface area contributed by atoms with Crippen molar-refractivity contribution in [1.29, 1.82) is 0 Å². The third kappa shape index (κ3) is 4.37. The summed E-state index contributed by atoms with van der Waals surface area (Å²) in [5.41, 5.74) is 19.4. The first-order chi connectivity index (χ1) is 24.5. The van der Waals surface area contributed by atoms with E-state index in [4.69, 9.17) is 0 Å². The van der Waals surface area contributed by atoms with Crippen molar-refractivity contribution in [3.05, 3.63) is 168 Å². The lowest BCUT2D eigenvalue weighted by Gasteiger charge is -2.31. The van der Waals surface area contributed by atoms with Gasteiger partial charge in [-0.25, -0.2) is 0 Å². The largest absolute Gasteiger partial charge is 0.0642 e. The molecule has 0 bridgehead atoms. The monoisotopic (exact) mass is 644 g/mol. The Morgan fingerprint density at radius 3 is 1.06 bits per heavy atom. The van der Waals surface area contributed by atoms with E-state index >= 15 is 0 Å². The van der Waals surface area contributed by atoms with Crippen LogP contribution in [0.4, 0.5) is 0 Å². The lowest BCUT2D eigenvalue weighted by molar-refractivity contribution is 0.490. The van der Waals surface area contributed by atoms with Crippen molar-refractivity contribution in [3.8, 4) is 55.6 Å². The molecule has 0 nitrogen and oxygen atoms in total. The summed E-state index contributed by atoms with van der Waals surface area (Å²) >= 11 is 0. The van der Waals surface area contributed by atoms with Gasteiger partial charge in [-0.3, -0.25) is 0 Å². The Bertz CT molecular complexity index is 2420. The van der Waals surface area contributed by atoms with Gasteiger partial charge in [0.25, 0.3) is 0 Å². The minimum atomic E-state index is -0.00899. The lowest BCUT2D eigenvalue weighted by Crippen LogP contribution is -2.23. The van der Waals surface area contributed by atoms with Crippen LogP contribution in [0.3, 0.4) is 0 Å². The van der Waals surface area contributed by atoms with E-state index in [1.54, 1.807) is 0 Å². The molecule has 0 saturated carbocycles. The number of hydrogen-bond acceptors (Lipinski definition) is 0. The fraction of sp³-hybridized carbons (Fsp3) is 0.200. The molecule has 7 aromatic carbocycles. The summed E-state index contributed by atoms with van der Waals surface area (Å²) in [7, 11) is 0. The molecule has 9 rings (SSSR count). The third-order valence-electron chi connectivity index (χ3n) is 12.7. The quantitative estimate of drug-likeness (QED) is 0.162. The zero-order valence-corrected chi connectivity index (χ0v) is 29.7. The molecule has 0 unspecified atom stereocenters. The molecule has 244 valence electrons. The van der Waals surface area contributed by atoms with Crippen LogP contribution in [0.5, 0.6) is 0 Å². The van der Waals surface area contributed by atoms with Crippen LogP contribution in [-0.4, -0.2) is 0 Å². The van der Waals surface area contributed by atoms with E-state index in [0.29, 0.717) is 0 Å². The smallest absolute Gasteiger partial charge is 0.0210 e. The molecule has 0 heteroatoms. The summed E-state index contributed by atoms with van der Waals surface area (Å²) in [5.74, 6) is 0. The Morgan fingerprint density at radius 2 is 0.640 bits per heavy atom. The molecule has 2 aliphatic rings. The number of benzene rings is 7. The van der Waals surface area contributed by atoms with Crippen LogP contribution >= 0.6 is 0 Å². The molecular formula is C50H44. The van der Waals surface area contributed by atoms with Gasteiger partial charge in [-0.05, 0) is 145 Å². The molecule has 0 saturated heterocycles. The maximum Gasteiger partial charge on any atom is 0.0210 e. The molecule has 0 radical (unpaired) electrons. The summed E-state index contributed by atoms with van der Waals surface area (Å²) in [6, 6.07) is 55.4. The first-order valence-electron chi connectivity index (χ1n) is 18.7. The zero-order valence-electron chi connectivity index (χ0n) is 29.7. The second-order valence-electron chi connectivity index (χ2n) is 14.5. The topological polar surface area (TPSA) is 0 Å². The van der Waals surface area contributed by atoms with Crippen molar-refractivity contribution in [2.24, 2.45) is 0 Å². The third-order valence-corrected chi connectivity index (χ3v) is 12.7. The molecule has 0 atom stereocenters. The van der Waals surface area contributed by atoms with Gasteiger partial charge in [0.05, 0.1) is 0 Å². The van der Waals surface area contributed by atoms with Gasteiger partial charge in [0.15, 0.2) is 0 Å². The fourth-order valence-electron chi connectivity index (χ4n) is 9.73. The Labute approximate surface area is 297 Å². The lowest BCUT2D eigenvalue weighted by atomic mass is 9.72. The summed E-state index contributed by atoms with van der Waals surface area (Å²) < 4.78 is 0. The van der Waals surface area contributed by atoms with Crippen LogP contribution in [0.2, 0.25) is 0 Å². The number of hydrogen-bond donors (Lipinski definition) is 0. The second-order valence-corrected chi connectivity index (χ2v) is 14.5. The molecule has 0 aliphatic heterocycles. The van der Waals surface area contributed by atoms with Crippen LogP contribution in [-0.2, 0) is 10.8 Å². The van der Waals surface area contributed by atoms with Crippen LogP contribution in [0.1, 0.15) is 75.6 Å². The highest BCUT2D eigenvalue weighted by Gasteiger charge is 2.42. The SMILES string of the molecule is CCC1(CC)c2cc(-c3ccccc3)ccc2-c2ccc(-c3ccc4c(c3)C(CC)(CC)c3cc(-c5ccc6ccccc6c5)ccc3-4)cc21. The van der Waals surface area contributed by atoms with Crippen molar-refractivity contribution in [3.63, 3.8) is 0 Å². The van der Waals surface area contributed by atoms with Crippen LogP contribution in [0.15, 0.2) is 146 Å². The van der Waals surface area contributed by atoms with Gasteiger partial charge in [0, 0.05) is 10.8 Å². The van der Waals surface area contributed by atoms with Gasteiger partial charge in [-0.2, -0.15) is 0 Å². The second kappa shape index (κ2) is 11.7. The van der Waals surface area contributed by atoms with Crippen molar-refractivity contribution in [1.82, 2.24) is 0 Å². The first-order valence-corrected chi connectivity index (χ1v) is 18.7. The van der Waals surface area contributed by atoms with E-state index in [9.17, 15) is 0 Å². The Hall–Kier alpha value is -5.20. The maximum atomic E-state index is 2.54. The van der Waals surface area contributed by atoms with Crippen LogP contribution in [0.25, 0.3) is 66.4 Å². The van der Waals surface area contributed by atoms with Gasteiger partial charge in [-0.1, -0.05) is 143 Å². The molecule has 7 aromatic rings. The standard InChI is InChI=1S/C50H44/c1-5-49(6-2)45-29-37(33-14-10-9-11-15-33)20-24-41(45)43-26-22-39(31-47(43)49)40-23-27-44-42-25-21-38(30-46(42)50(7-3,8-4)48(44)32-40)36-19-18-34-16-12-13-17-35(34)28-36/h9-32H,5-8H2,1-4H3. The Morgan fingerprint density at radius 1 is 0.300 bits per heavy atom. The molecule has 0 amide bonds. The van der Waals surface area contributed by atoms with E-state index in [-0.39, 0.29) is 10.8 Å². The van der Waals surface area contributed by atoms with Gasteiger partial charge in [0.1, 0.15) is 0 Å². The predicted molar refractivity (Wildman–Crippen MR) is 214 cm³/mol. The molecule has 0 aromatic heterocycles. The Balaban J connectivity index is 1.13. The summed E-state index contributed by atoms with van der Waals surface area (Å²) in [6.07, 6.45) is 4.32. The average molecular weight is 645 g/mol. The van der Waals surface area contributed by atoms with E-state index < -0.39 is 0 Å². The first kappa shape index (κ1) is 30.8. The minimum absolute atomic E-state index is 0.00813. The van der Waals surface area contributed by atoms with Crippen molar-refractivity contribution < 1.29 is 0 Å². The highest BCUT2D eigenvalue weighted by Crippen LogP contribution is 2.56. The van der Waals surface area contributed by atoms with Gasteiger partial charge < -0.3 is 0 Å². The summed E-state index contributed by atoms with van der Waals surface area (Å²) in [4.78, 5) is 0. The van der Waals surface area contributed by atoms with E-state index in [1.807, 2.05) is 0 Å². The predicted octanol–water partition coefficient (Wildman–Crippen LogP) is 14.0. The van der Waals surface area contributed by atoms with E-state index in [0.717, 1.165) is 25.7 Å². The molecule has 50 heavy (non-hydrogen) atoms. The summed E-state index contributed by atoms with van der Waals surface area (Å²) in [5, 5.41) is 2.58. The zero-order chi connectivity index (χ0) is 34.0. The van der Waals surface area contributed by atoms with E-state index in [1.165, 1.54) is 88.7 Å². The molecule has 2 aliphatic carbocycles. The maximum absolute atomic E-state index is 2.54. The normalized spacial score (nSPS) is 14.6. The average Bonchev–Trinajstić information content (AvgIpc) is 3.63. The van der Waals surface area contributed by atoms with Gasteiger partial charge in [0.2, 0.25) is 0 Å².